The van der Waals surface area contributed by atoms with E-state index in [-0.39, 0.29) is 24.8 Å². The number of carbonyl (C=O) groups excluding carboxylic acids is 1. The number of carbonyl (C=O) groups is 1. The maximum atomic E-state index is 12.4. The topological polar surface area (TPSA) is 61.8 Å². The molecule has 1 heterocycles. The van der Waals surface area contributed by atoms with E-state index in [9.17, 15) is 9.90 Å². The summed E-state index contributed by atoms with van der Waals surface area (Å²) in [6.45, 7) is 3.19. The third-order valence-corrected chi connectivity index (χ3v) is 5.10. The van der Waals surface area contributed by atoms with Gasteiger partial charge in [0.2, 0.25) is 0 Å². The number of aliphatic hydroxyl groups is 1. The number of ether oxygens (including phenoxy) is 1. The van der Waals surface area contributed by atoms with Crippen LogP contribution in [0.15, 0.2) is 0 Å². The van der Waals surface area contributed by atoms with Gasteiger partial charge in [0.25, 0.3) is 0 Å². The van der Waals surface area contributed by atoms with Crippen LogP contribution in [0.2, 0.25) is 0 Å². The van der Waals surface area contributed by atoms with E-state index >= 15 is 0 Å². The fraction of sp³-hybridized carbons (Fsp3) is 0.938. The van der Waals surface area contributed by atoms with Crippen molar-refractivity contribution >= 4 is 6.03 Å². The predicted molar refractivity (Wildman–Crippen MR) is 82.2 cm³/mol. The first-order chi connectivity index (χ1) is 10.2. The van der Waals surface area contributed by atoms with Crippen LogP contribution in [0, 0.1) is 5.92 Å². The summed E-state index contributed by atoms with van der Waals surface area (Å²) in [7, 11) is 1.89. The van der Waals surface area contributed by atoms with Gasteiger partial charge in [0.05, 0.1) is 12.1 Å². The van der Waals surface area contributed by atoms with Crippen molar-refractivity contribution < 1.29 is 14.6 Å². The zero-order valence-corrected chi connectivity index (χ0v) is 13.4. The minimum atomic E-state index is 0.0183. The van der Waals surface area contributed by atoms with Gasteiger partial charge in [-0.15, -0.1) is 0 Å². The molecule has 0 aromatic heterocycles. The van der Waals surface area contributed by atoms with Crippen LogP contribution in [0.3, 0.4) is 0 Å². The highest BCUT2D eigenvalue weighted by Gasteiger charge is 2.30. The van der Waals surface area contributed by atoms with E-state index in [1.165, 1.54) is 0 Å². The van der Waals surface area contributed by atoms with Crippen molar-refractivity contribution in [1.82, 2.24) is 10.2 Å². The molecule has 122 valence electrons. The number of hydrogen-bond donors (Lipinski definition) is 2. The lowest BCUT2D eigenvalue weighted by atomic mass is 9.86. The Labute approximate surface area is 128 Å². The smallest absolute Gasteiger partial charge is 0.317 e. The molecule has 0 spiro atoms. The monoisotopic (exact) mass is 298 g/mol. The summed E-state index contributed by atoms with van der Waals surface area (Å²) >= 11 is 0. The maximum absolute atomic E-state index is 12.4. The SMILES string of the molecule is CCC(NC(=O)N(C)C1CCC(CO)CC1)C1CCCO1. The number of hydrogen-bond acceptors (Lipinski definition) is 3. The second kappa shape index (κ2) is 7.99. The van der Waals surface area contributed by atoms with Gasteiger partial charge in [-0.1, -0.05) is 6.92 Å². The average Bonchev–Trinajstić information content (AvgIpc) is 3.06. The van der Waals surface area contributed by atoms with Crippen LogP contribution in [0.25, 0.3) is 0 Å². The molecule has 1 saturated carbocycles. The fourth-order valence-electron chi connectivity index (χ4n) is 3.52. The second-order valence-electron chi connectivity index (χ2n) is 6.48. The molecule has 5 heteroatoms. The summed E-state index contributed by atoms with van der Waals surface area (Å²) < 4.78 is 5.70. The van der Waals surface area contributed by atoms with Crippen molar-refractivity contribution in [2.24, 2.45) is 5.92 Å². The zero-order valence-electron chi connectivity index (χ0n) is 13.4. The van der Waals surface area contributed by atoms with Gasteiger partial charge in [0, 0.05) is 26.3 Å². The number of amides is 2. The summed E-state index contributed by atoms with van der Waals surface area (Å²) in [6, 6.07) is 0.441. The van der Waals surface area contributed by atoms with Crippen LogP contribution < -0.4 is 5.32 Å². The Balaban J connectivity index is 1.81. The molecular weight excluding hydrogens is 268 g/mol. The van der Waals surface area contributed by atoms with Gasteiger partial charge >= 0.3 is 6.03 Å². The molecule has 2 rings (SSSR count). The fourth-order valence-corrected chi connectivity index (χ4v) is 3.52. The minimum Gasteiger partial charge on any atom is -0.396 e. The van der Waals surface area contributed by atoms with Gasteiger partial charge < -0.3 is 20.1 Å². The van der Waals surface area contributed by atoms with Crippen LogP contribution in [0.5, 0.6) is 0 Å². The van der Waals surface area contributed by atoms with Gasteiger partial charge in [0.15, 0.2) is 0 Å². The van der Waals surface area contributed by atoms with E-state index in [1.54, 1.807) is 0 Å². The lowest BCUT2D eigenvalue weighted by molar-refractivity contribution is 0.0746. The molecular formula is C16H30N2O3. The number of nitrogens with zero attached hydrogens (tertiary/aromatic N) is 1. The molecule has 1 aliphatic heterocycles. The first kappa shape index (κ1) is 16.6. The molecule has 0 aromatic carbocycles. The second-order valence-corrected chi connectivity index (χ2v) is 6.48. The summed E-state index contributed by atoms with van der Waals surface area (Å²) in [5.74, 6) is 0.424. The highest BCUT2D eigenvalue weighted by molar-refractivity contribution is 5.74. The Hall–Kier alpha value is -0.810. The van der Waals surface area contributed by atoms with Gasteiger partial charge in [-0.25, -0.2) is 4.79 Å². The zero-order chi connectivity index (χ0) is 15.2. The van der Waals surface area contributed by atoms with Crippen LogP contribution in [0.4, 0.5) is 4.79 Å². The third-order valence-electron chi connectivity index (χ3n) is 5.10. The van der Waals surface area contributed by atoms with Gasteiger partial charge in [-0.2, -0.15) is 0 Å². The van der Waals surface area contributed by atoms with Crippen molar-refractivity contribution in [1.29, 1.82) is 0 Å². The standard InChI is InChI=1S/C16H30N2O3/c1-3-14(15-5-4-10-21-15)17-16(20)18(2)13-8-6-12(11-19)7-9-13/h12-15,19H,3-11H2,1-2H3,(H,17,20). The van der Waals surface area contributed by atoms with Crippen molar-refractivity contribution in [2.75, 3.05) is 20.3 Å². The van der Waals surface area contributed by atoms with E-state index in [1.807, 2.05) is 11.9 Å². The third kappa shape index (κ3) is 4.33. The molecule has 2 aliphatic rings. The first-order valence-corrected chi connectivity index (χ1v) is 8.41. The normalized spacial score (nSPS) is 30.9. The van der Waals surface area contributed by atoms with Crippen LogP contribution in [-0.2, 0) is 4.74 Å². The molecule has 5 nitrogen and oxygen atoms in total. The maximum Gasteiger partial charge on any atom is 0.317 e. The van der Waals surface area contributed by atoms with E-state index in [0.717, 1.165) is 51.6 Å². The molecule has 2 N–H and O–H groups in total. The highest BCUT2D eigenvalue weighted by Crippen LogP contribution is 2.27. The Morgan fingerprint density at radius 2 is 2.05 bits per heavy atom. The lowest BCUT2D eigenvalue weighted by Gasteiger charge is -2.35. The van der Waals surface area contributed by atoms with Gasteiger partial charge in [0.1, 0.15) is 0 Å². The van der Waals surface area contributed by atoms with Crippen molar-refractivity contribution in [3.63, 3.8) is 0 Å². The molecule has 21 heavy (non-hydrogen) atoms. The van der Waals surface area contributed by atoms with Gasteiger partial charge in [-0.3, -0.25) is 0 Å². The van der Waals surface area contributed by atoms with Crippen molar-refractivity contribution in [2.45, 2.75) is 70.1 Å². The summed E-state index contributed by atoms with van der Waals surface area (Å²) in [6.07, 6.45) is 7.24. The minimum absolute atomic E-state index is 0.0183. The van der Waals surface area contributed by atoms with E-state index in [2.05, 4.69) is 12.2 Å². The Bertz CT molecular complexity index is 323. The largest absolute Gasteiger partial charge is 0.396 e. The van der Waals surface area contributed by atoms with E-state index in [0.29, 0.717) is 12.0 Å². The lowest BCUT2D eigenvalue weighted by Crippen LogP contribution is -2.51. The Morgan fingerprint density at radius 3 is 2.57 bits per heavy atom. The molecule has 2 atom stereocenters. The summed E-state index contributed by atoms with van der Waals surface area (Å²) in [5, 5.41) is 12.3. The molecule has 1 saturated heterocycles. The number of rotatable bonds is 5. The first-order valence-electron chi connectivity index (χ1n) is 8.41. The van der Waals surface area contributed by atoms with E-state index in [4.69, 9.17) is 4.74 Å². The molecule has 0 radical (unpaired) electrons. The molecule has 1 aliphatic carbocycles. The number of nitrogens with one attached hydrogen (secondary N) is 1. The van der Waals surface area contributed by atoms with Crippen LogP contribution >= 0.6 is 0 Å². The quantitative estimate of drug-likeness (QED) is 0.817. The highest BCUT2D eigenvalue weighted by atomic mass is 16.5. The summed E-state index contributed by atoms with van der Waals surface area (Å²) in [4.78, 5) is 14.3. The summed E-state index contributed by atoms with van der Waals surface area (Å²) in [5.41, 5.74) is 0. The van der Waals surface area contributed by atoms with Crippen LogP contribution in [0.1, 0.15) is 51.9 Å². The number of aliphatic hydroxyl groups excluding tert-OH is 1. The van der Waals surface area contributed by atoms with Gasteiger partial charge in [-0.05, 0) is 50.9 Å². The molecule has 0 bridgehead atoms. The van der Waals surface area contributed by atoms with Crippen molar-refractivity contribution in [3.05, 3.63) is 0 Å². The Morgan fingerprint density at radius 1 is 1.33 bits per heavy atom. The predicted octanol–water partition coefficient (Wildman–Crippen LogP) is 2.14. The Kier molecular flexibility index (Phi) is 6.30. The molecule has 2 amide bonds. The number of urea groups is 1. The molecule has 0 aromatic rings. The van der Waals surface area contributed by atoms with E-state index < -0.39 is 0 Å². The molecule has 2 fully saturated rings. The van der Waals surface area contributed by atoms with Crippen LogP contribution in [-0.4, -0.2) is 54.5 Å². The molecule has 2 unspecified atom stereocenters. The van der Waals surface area contributed by atoms with Crippen molar-refractivity contribution in [3.8, 4) is 0 Å². The average molecular weight is 298 g/mol.